The number of hydrogen-bond donors (Lipinski definition) is 1. The van der Waals surface area contributed by atoms with Gasteiger partial charge in [-0.3, -0.25) is 4.79 Å². The summed E-state index contributed by atoms with van der Waals surface area (Å²) in [7, 11) is 1.94. The van der Waals surface area contributed by atoms with Crippen LogP contribution in [0.1, 0.15) is 17.2 Å². The van der Waals surface area contributed by atoms with Crippen molar-refractivity contribution in [3.8, 4) is 0 Å². The maximum absolute atomic E-state index is 10.7. The molecule has 0 aromatic carbocycles. The van der Waals surface area contributed by atoms with Gasteiger partial charge in [0.2, 0.25) is 0 Å². The Labute approximate surface area is 76.2 Å². The number of carbonyl (C=O) groups is 1. The number of aryl methyl sites for hydroxylation is 1. The van der Waals surface area contributed by atoms with Crippen molar-refractivity contribution in [1.82, 2.24) is 9.55 Å². The molecule has 4 heteroatoms. The number of carboxylic acids is 1. The van der Waals surface area contributed by atoms with Gasteiger partial charge in [-0.1, -0.05) is 0 Å². The molecule has 1 aromatic rings. The predicted octanol–water partition coefficient (Wildman–Crippen LogP) is 0.528. The Hall–Kier alpha value is -1.32. The Kier molecular flexibility index (Phi) is 1.65. The molecule has 0 saturated carbocycles. The molecule has 1 unspecified atom stereocenters. The van der Waals surface area contributed by atoms with Gasteiger partial charge in [-0.2, -0.15) is 0 Å². The molecule has 1 aliphatic carbocycles. The fraction of sp³-hybridized carbons (Fsp3) is 0.556. The lowest BCUT2D eigenvalue weighted by Gasteiger charge is -2.03. The lowest BCUT2D eigenvalue weighted by atomic mass is 10.1. The third kappa shape index (κ3) is 1.13. The van der Waals surface area contributed by atoms with Crippen LogP contribution in [0.2, 0.25) is 0 Å². The first-order valence-corrected chi connectivity index (χ1v) is 4.33. The number of aromatic nitrogens is 2. The molecule has 0 radical (unpaired) electrons. The fourth-order valence-electron chi connectivity index (χ4n) is 1.86. The first kappa shape index (κ1) is 8.29. The van der Waals surface area contributed by atoms with Crippen molar-refractivity contribution in [2.24, 2.45) is 13.0 Å². The lowest BCUT2D eigenvalue weighted by molar-refractivity contribution is -0.141. The van der Waals surface area contributed by atoms with Gasteiger partial charge in [-0.05, 0) is 6.92 Å². The van der Waals surface area contributed by atoms with Crippen LogP contribution in [0, 0.1) is 12.8 Å². The van der Waals surface area contributed by atoms with Crippen molar-refractivity contribution < 1.29 is 9.90 Å². The molecule has 1 atom stereocenters. The first-order valence-electron chi connectivity index (χ1n) is 4.33. The molecule has 2 rings (SSSR count). The van der Waals surface area contributed by atoms with Crippen LogP contribution in [0.5, 0.6) is 0 Å². The summed E-state index contributed by atoms with van der Waals surface area (Å²) in [6.07, 6.45) is 1.22. The summed E-state index contributed by atoms with van der Waals surface area (Å²) in [5, 5.41) is 8.83. The highest BCUT2D eigenvalue weighted by Gasteiger charge is 2.30. The topological polar surface area (TPSA) is 55.1 Å². The summed E-state index contributed by atoms with van der Waals surface area (Å²) < 4.78 is 1.98. The number of aliphatic carboxylic acids is 1. The second-order valence-electron chi connectivity index (χ2n) is 3.55. The SMILES string of the molecule is Cc1nc2c(n1C)CC(C(=O)O)C2. The highest BCUT2D eigenvalue weighted by atomic mass is 16.4. The van der Waals surface area contributed by atoms with E-state index < -0.39 is 5.97 Å². The van der Waals surface area contributed by atoms with Crippen LogP contribution in [0.25, 0.3) is 0 Å². The molecule has 0 aliphatic heterocycles. The minimum Gasteiger partial charge on any atom is -0.481 e. The average Bonchev–Trinajstić information content (AvgIpc) is 2.55. The van der Waals surface area contributed by atoms with Crippen LogP contribution in [0.3, 0.4) is 0 Å². The van der Waals surface area contributed by atoms with E-state index in [2.05, 4.69) is 4.98 Å². The summed E-state index contributed by atoms with van der Waals surface area (Å²) in [6.45, 7) is 1.94. The average molecular weight is 180 g/mol. The quantitative estimate of drug-likeness (QED) is 0.685. The van der Waals surface area contributed by atoms with E-state index in [1.807, 2.05) is 18.5 Å². The van der Waals surface area contributed by atoms with E-state index in [-0.39, 0.29) is 5.92 Å². The van der Waals surface area contributed by atoms with Crippen molar-refractivity contribution in [2.75, 3.05) is 0 Å². The van der Waals surface area contributed by atoms with E-state index in [9.17, 15) is 4.79 Å². The van der Waals surface area contributed by atoms with Gasteiger partial charge >= 0.3 is 5.97 Å². The second kappa shape index (κ2) is 2.58. The van der Waals surface area contributed by atoms with Crippen LogP contribution in [-0.2, 0) is 24.7 Å². The van der Waals surface area contributed by atoms with E-state index in [0.717, 1.165) is 17.2 Å². The molecule has 0 bridgehead atoms. The van der Waals surface area contributed by atoms with Crippen molar-refractivity contribution in [3.63, 3.8) is 0 Å². The molecular weight excluding hydrogens is 168 g/mol. The van der Waals surface area contributed by atoms with Gasteiger partial charge in [0.1, 0.15) is 5.82 Å². The Bertz CT molecular complexity index is 368. The van der Waals surface area contributed by atoms with Gasteiger partial charge in [-0.15, -0.1) is 0 Å². The largest absolute Gasteiger partial charge is 0.481 e. The molecule has 0 amide bonds. The summed E-state index contributed by atoms with van der Waals surface area (Å²) in [5.41, 5.74) is 2.05. The van der Waals surface area contributed by atoms with E-state index in [1.54, 1.807) is 0 Å². The van der Waals surface area contributed by atoms with E-state index in [4.69, 9.17) is 5.11 Å². The number of nitrogens with zero attached hydrogens (tertiary/aromatic N) is 2. The number of imidazole rings is 1. The van der Waals surface area contributed by atoms with Crippen LogP contribution >= 0.6 is 0 Å². The minimum absolute atomic E-state index is 0.260. The van der Waals surface area contributed by atoms with E-state index in [0.29, 0.717) is 12.8 Å². The third-order valence-electron chi connectivity index (χ3n) is 2.75. The van der Waals surface area contributed by atoms with Crippen molar-refractivity contribution in [2.45, 2.75) is 19.8 Å². The zero-order valence-corrected chi connectivity index (χ0v) is 7.74. The maximum atomic E-state index is 10.7. The van der Waals surface area contributed by atoms with E-state index in [1.165, 1.54) is 0 Å². The van der Waals surface area contributed by atoms with Crippen molar-refractivity contribution in [1.29, 1.82) is 0 Å². The van der Waals surface area contributed by atoms with Gasteiger partial charge in [-0.25, -0.2) is 4.98 Å². The number of hydrogen-bond acceptors (Lipinski definition) is 2. The van der Waals surface area contributed by atoms with Gasteiger partial charge in [0, 0.05) is 25.6 Å². The van der Waals surface area contributed by atoms with Crippen LogP contribution in [0.4, 0.5) is 0 Å². The van der Waals surface area contributed by atoms with Crippen molar-refractivity contribution in [3.05, 3.63) is 17.2 Å². The number of carboxylic acid groups (broad SMARTS) is 1. The first-order chi connectivity index (χ1) is 6.09. The molecule has 4 nitrogen and oxygen atoms in total. The zero-order chi connectivity index (χ0) is 9.59. The third-order valence-corrected chi connectivity index (χ3v) is 2.75. The Balaban J connectivity index is 2.33. The summed E-state index contributed by atoms with van der Waals surface area (Å²) >= 11 is 0. The normalized spacial score (nSPS) is 20.3. The second-order valence-corrected chi connectivity index (χ2v) is 3.55. The maximum Gasteiger partial charge on any atom is 0.307 e. The molecule has 1 heterocycles. The number of fused-ring (bicyclic) bond motifs is 1. The predicted molar refractivity (Wildman–Crippen MR) is 46.5 cm³/mol. The molecule has 1 aromatic heterocycles. The molecular formula is C9H12N2O2. The highest BCUT2D eigenvalue weighted by molar-refractivity contribution is 5.71. The van der Waals surface area contributed by atoms with E-state index >= 15 is 0 Å². The summed E-state index contributed by atoms with van der Waals surface area (Å²) in [6, 6.07) is 0. The molecule has 0 saturated heterocycles. The van der Waals surface area contributed by atoms with Gasteiger partial charge in [0.15, 0.2) is 0 Å². The fourth-order valence-corrected chi connectivity index (χ4v) is 1.86. The Morgan fingerprint density at radius 3 is 2.85 bits per heavy atom. The zero-order valence-electron chi connectivity index (χ0n) is 7.74. The highest BCUT2D eigenvalue weighted by Crippen LogP contribution is 2.26. The molecule has 0 spiro atoms. The smallest absolute Gasteiger partial charge is 0.307 e. The van der Waals surface area contributed by atoms with Crippen LogP contribution in [-0.4, -0.2) is 20.6 Å². The van der Waals surface area contributed by atoms with Gasteiger partial charge < -0.3 is 9.67 Å². The summed E-state index contributed by atoms with van der Waals surface area (Å²) in [4.78, 5) is 15.1. The van der Waals surface area contributed by atoms with Gasteiger partial charge in [0.05, 0.1) is 11.6 Å². The van der Waals surface area contributed by atoms with Gasteiger partial charge in [0.25, 0.3) is 0 Å². The molecule has 70 valence electrons. The Morgan fingerprint density at radius 2 is 2.31 bits per heavy atom. The lowest BCUT2D eigenvalue weighted by Crippen LogP contribution is -2.14. The molecule has 1 N–H and O–H groups in total. The molecule has 1 aliphatic rings. The number of rotatable bonds is 1. The molecule has 0 fully saturated rings. The summed E-state index contributed by atoms with van der Waals surface area (Å²) in [5.74, 6) is -0.00575. The Morgan fingerprint density at radius 1 is 1.62 bits per heavy atom. The van der Waals surface area contributed by atoms with Crippen LogP contribution in [0.15, 0.2) is 0 Å². The minimum atomic E-state index is -0.712. The van der Waals surface area contributed by atoms with Crippen molar-refractivity contribution >= 4 is 5.97 Å². The standard InChI is InChI=1S/C9H12N2O2/c1-5-10-7-3-6(9(12)13)4-8(7)11(5)2/h6H,3-4H2,1-2H3,(H,12,13). The monoisotopic (exact) mass is 180 g/mol. The van der Waals surface area contributed by atoms with Crippen LogP contribution < -0.4 is 0 Å². The molecule has 13 heavy (non-hydrogen) atoms.